The van der Waals surface area contributed by atoms with E-state index in [4.69, 9.17) is 25.2 Å². The van der Waals surface area contributed by atoms with E-state index >= 15 is 0 Å². The number of furan rings is 2. The zero-order valence-electron chi connectivity index (χ0n) is 19.6. The molecule has 0 aliphatic heterocycles. The number of benzene rings is 3. The van der Waals surface area contributed by atoms with Crippen molar-refractivity contribution in [3.05, 3.63) is 93.4 Å². The van der Waals surface area contributed by atoms with Crippen LogP contribution in [0.1, 0.15) is 43.4 Å². The van der Waals surface area contributed by atoms with Gasteiger partial charge in [-0.3, -0.25) is 9.59 Å². The number of rotatable bonds is 5. The Labute approximate surface area is 206 Å². The molecule has 1 amide bonds. The molecule has 0 aliphatic carbocycles. The summed E-state index contributed by atoms with van der Waals surface area (Å²) in [6.45, 7) is 5.85. The van der Waals surface area contributed by atoms with Crippen LogP contribution in [-0.4, -0.2) is 18.8 Å². The summed E-state index contributed by atoms with van der Waals surface area (Å²) in [5.74, 6) is -0.259. The number of amides is 1. The third kappa shape index (κ3) is 3.86. The van der Waals surface area contributed by atoms with Crippen LogP contribution in [0.4, 0.5) is 5.69 Å². The maximum Gasteiger partial charge on any atom is 0.291 e. The average Bonchev–Trinajstić information content (AvgIpc) is 3.36. The molecule has 0 aliphatic rings. The number of anilines is 1. The summed E-state index contributed by atoms with van der Waals surface area (Å²) < 4.78 is 17.0. The Kier molecular flexibility index (Phi) is 5.61. The smallest absolute Gasteiger partial charge is 0.291 e. The summed E-state index contributed by atoms with van der Waals surface area (Å²) in [7, 11) is 1.50. The van der Waals surface area contributed by atoms with Gasteiger partial charge in [0, 0.05) is 21.9 Å². The van der Waals surface area contributed by atoms with Crippen molar-refractivity contribution < 1.29 is 23.2 Å². The van der Waals surface area contributed by atoms with Crippen molar-refractivity contribution in [2.24, 2.45) is 0 Å². The number of halogens is 1. The quantitative estimate of drug-likeness (QED) is 0.264. The highest BCUT2D eigenvalue weighted by molar-refractivity contribution is 6.32. The van der Waals surface area contributed by atoms with Crippen LogP contribution in [-0.2, 0) is 0 Å². The van der Waals surface area contributed by atoms with E-state index in [1.807, 2.05) is 39.0 Å². The zero-order chi connectivity index (χ0) is 24.9. The second-order valence-electron chi connectivity index (χ2n) is 8.42. The number of para-hydroxylation sites is 1. The number of carbonyl (C=O) groups is 2. The van der Waals surface area contributed by atoms with Crippen molar-refractivity contribution in [1.29, 1.82) is 0 Å². The van der Waals surface area contributed by atoms with Gasteiger partial charge in [0.2, 0.25) is 5.78 Å². The Morgan fingerprint density at radius 2 is 1.57 bits per heavy atom. The molecule has 0 radical (unpaired) electrons. The predicted molar refractivity (Wildman–Crippen MR) is 136 cm³/mol. The van der Waals surface area contributed by atoms with E-state index in [-0.39, 0.29) is 17.2 Å². The molecule has 1 N–H and O–H groups in total. The molecule has 5 aromatic rings. The monoisotopic (exact) mass is 487 g/mol. The Balaban J connectivity index is 1.58. The van der Waals surface area contributed by atoms with Gasteiger partial charge in [-0.15, -0.1) is 0 Å². The highest BCUT2D eigenvalue weighted by Gasteiger charge is 2.26. The van der Waals surface area contributed by atoms with Gasteiger partial charge in [-0.25, -0.2) is 0 Å². The molecule has 2 heterocycles. The fourth-order valence-corrected chi connectivity index (χ4v) is 4.39. The van der Waals surface area contributed by atoms with Gasteiger partial charge >= 0.3 is 0 Å². The number of nitrogens with one attached hydrogen (secondary N) is 1. The van der Waals surface area contributed by atoms with E-state index in [1.54, 1.807) is 30.3 Å². The fraction of sp³-hybridized carbons (Fsp3) is 0.143. The summed E-state index contributed by atoms with van der Waals surface area (Å²) in [5.41, 5.74) is 4.59. The van der Waals surface area contributed by atoms with Crippen LogP contribution in [0.2, 0.25) is 5.02 Å². The van der Waals surface area contributed by atoms with E-state index in [0.717, 1.165) is 22.1 Å². The lowest BCUT2D eigenvalue weighted by Crippen LogP contribution is -2.14. The van der Waals surface area contributed by atoms with Gasteiger partial charge < -0.3 is 18.9 Å². The van der Waals surface area contributed by atoms with Crippen LogP contribution in [0.5, 0.6) is 5.75 Å². The number of fused-ring (bicyclic) bond motifs is 2. The first-order chi connectivity index (χ1) is 16.8. The maximum absolute atomic E-state index is 13.4. The highest BCUT2D eigenvalue weighted by atomic mass is 35.5. The van der Waals surface area contributed by atoms with Crippen LogP contribution >= 0.6 is 11.6 Å². The average molecular weight is 488 g/mol. The molecule has 0 spiro atoms. The van der Waals surface area contributed by atoms with Crippen molar-refractivity contribution >= 4 is 50.9 Å². The lowest BCUT2D eigenvalue weighted by molar-refractivity contribution is 0.0997. The van der Waals surface area contributed by atoms with E-state index in [9.17, 15) is 9.59 Å². The number of carbonyl (C=O) groups excluding carboxylic acids is 2. The summed E-state index contributed by atoms with van der Waals surface area (Å²) in [5, 5.41) is 4.63. The van der Waals surface area contributed by atoms with Gasteiger partial charge in [-0.05, 0) is 74.4 Å². The van der Waals surface area contributed by atoms with Crippen molar-refractivity contribution in [2.45, 2.75) is 20.8 Å². The molecule has 0 fully saturated rings. The van der Waals surface area contributed by atoms with Crippen molar-refractivity contribution in [3.8, 4) is 5.75 Å². The SMILES string of the molecule is COc1ccc(C(=O)c2oc3ccccc3c2NC(=O)c2oc3cc(C)c(C)cc3c2C)cc1Cl. The topological polar surface area (TPSA) is 81.7 Å². The third-order valence-electron chi connectivity index (χ3n) is 6.21. The Bertz CT molecular complexity index is 1640. The van der Waals surface area contributed by atoms with Gasteiger partial charge in [-0.2, -0.15) is 0 Å². The van der Waals surface area contributed by atoms with Crippen molar-refractivity contribution in [3.63, 3.8) is 0 Å². The van der Waals surface area contributed by atoms with Gasteiger partial charge in [0.1, 0.15) is 16.9 Å². The largest absolute Gasteiger partial charge is 0.495 e. The molecular weight excluding hydrogens is 466 g/mol. The lowest BCUT2D eigenvalue weighted by atomic mass is 10.0. The predicted octanol–water partition coefficient (Wildman–Crippen LogP) is 7.25. The number of methoxy groups -OCH3 is 1. The minimum atomic E-state index is -0.470. The lowest BCUT2D eigenvalue weighted by Gasteiger charge is -2.07. The first-order valence-electron chi connectivity index (χ1n) is 11.0. The summed E-state index contributed by atoms with van der Waals surface area (Å²) in [6.07, 6.45) is 0. The first kappa shape index (κ1) is 22.7. The minimum absolute atomic E-state index is 0.00114. The highest BCUT2D eigenvalue weighted by Crippen LogP contribution is 2.35. The number of hydrogen-bond donors (Lipinski definition) is 1. The summed E-state index contributed by atoms with van der Waals surface area (Å²) >= 11 is 6.23. The zero-order valence-corrected chi connectivity index (χ0v) is 20.4. The molecule has 2 aromatic heterocycles. The second-order valence-corrected chi connectivity index (χ2v) is 8.83. The van der Waals surface area contributed by atoms with E-state index in [2.05, 4.69) is 5.32 Å². The van der Waals surface area contributed by atoms with Crippen LogP contribution < -0.4 is 10.1 Å². The molecule has 6 nitrogen and oxygen atoms in total. The Morgan fingerprint density at radius 3 is 2.31 bits per heavy atom. The third-order valence-corrected chi connectivity index (χ3v) is 6.51. The molecule has 3 aromatic carbocycles. The Morgan fingerprint density at radius 1 is 0.857 bits per heavy atom. The van der Waals surface area contributed by atoms with Crippen molar-refractivity contribution in [1.82, 2.24) is 0 Å². The van der Waals surface area contributed by atoms with Crippen LogP contribution in [0, 0.1) is 20.8 Å². The molecule has 5 rings (SSSR count). The number of ether oxygens (including phenoxy) is 1. The van der Waals surface area contributed by atoms with Crippen LogP contribution in [0.3, 0.4) is 0 Å². The molecule has 0 saturated carbocycles. The second kappa shape index (κ2) is 8.64. The standard InChI is InChI=1S/C28H22ClNO5/c1-14-11-19-16(3)26(35-23(19)12-15(14)2)28(32)30-24-18-7-5-6-8-21(18)34-27(24)25(31)17-9-10-22(33-4)20(29)13-17/h5-13H,1-4H3,(H,30,32). The van der Waals surface area contributed by atoms with Gasteiger partial charge in [0.25, 0.3) is 5.91 Å². The summed E-state index contributed by atoms with van der Waals surface area (Å²) in [6, 6.07) is 15.8. The fourth-order valence-electron chi connectivity index (χ4n) is 4.13. The number of aryl methyl sites for hydroxylation is 3. The normalized spacial score (nSPS) is 11.2. The molecule has 0 unspecified atom stereocenters. The first-order valence-corrected chi connectivity index (χ1v) is 11.4. The number of hydrogen-bond acceptors (Lipinski definition) is 5. The van der Waals surface area contributed by atoms with E-state index < -0.39 is 11.7 Å². The molecule has 7 heteroatoms. The van der Waals surface area contributed by atoms with Crippen LogP contribution in [0.15, 0.2) is 63.4 Å². The Hall–Kier alpha value is -4.03. The molecule has 176 valence electrons. The number of ketones is 1. The van der Waals surface area contributed by atoms with Crippen LogP contribution in [0.25, 0.3) is 21.9 Å². The van der Waals surface area contributed by atoms with E-state index in [0.29, 0.717) is 32.9 Å². The van der Waals surface area contributed by atoms with Gasteiger partial charge in [-0.1, -0.05) is 23.7 Å². The molecule has 0 atom stereocenters. The maximum atomic E-state index is 13.4. The minimum Gasteiger partial charge on any atom is -0.495 e. The molecule has 0 bridgehead atoms. The summed E-state index contributed by atoms with van der Waals surface area (Å²) in [4.78, 5) is 26.8. The van der Waals surface area contributed by atoms with Crippen molar-refractivity contribution in [2.75, 3.05) is 12.4 Å². The molecular formula is C28H22ClNO5. The molecule has 35 heavy (non-hydrogen) atoms. The molecule has 0 saturated heterocycles. The van der Waals surface area contributed by atoms with E-state index in [1.165, 1.54) is 13.2 Å². The van der Waals surface area contributed by atoms with Gasteiger partial charge in [0.05, 0.1) is 17.8 Å². The van der Waals surface area contributed by atoms with Gasteiger partial charge in [0.15, 0.2) is 11.5 Å².